The van der Waals surface area contributed by atoms with E-state index in [0.717, 1.165) is 0 Å². The second kappa shape index (κ2) is 6.44. The first-order valence-corrected chi connectivity index (χ1v) is 6.16. The third-order valence-electron chi connectivity index (χ3n) is 2.95. The van der Waals surface area contributed by atoms with Crippen LogP contribution in [0, 0.1) is 5.82 Å². The van der Waals surface area contributed by atoms with Crippen LogP contribution in [0.2, 0.25) is 0 Å². The van der Waals surface area contributed by atoms with Crippen LogP contribution in [0.1, 0.15) is 5.82 Å². The fraction of sp³-hybridized carbons (Fsp3) is 0.385. The Morgan fingerprint density at radius 2 is 2.10 bits per heavy atom. The molecule has 108 valence electrons. The van der Waals surface area contributed by atoms with E-state index in [-0.39, 0.29) is 6.54 Å². The maximum absolute atomic E-state index is 14.1. The summed E-state index contributed by atoms with van der Waals surface area (Å²) in [5.41, 5.74) is 5.98. The molecule has 0 bridgehead atoms. The van der Waals surface area contributed by atoms with Gasteiger partial charge in [-0.15, -0.1) is 10.2 Å². The van der Waals surface area contributed by atoms with Gasteiger partial charge in [0.1, 0.15) is 17.4 Å². The molecule has 2 N–H and O–H groups in total. The van der Waals surface area contributed by atoms with Crippen molar-refractivity contribution in [1.82, 2.24) is 14.8 Å². The molecule has 1 aromatic heterocycles. The third kappa shape index (κ3) is 2.78. The molecule has 0 spiro atoms. The van der Waals surface area contributed by atoms with Crippen molar-refractivity contribution in [2.45, 2.75) is 13.1 Å². The largest absolute Gasteiger partial charge is 0.497 e. The van der Waals surface area contributed by atoms with Crippen molar-refractivity contribution in [3.05, 3.63) is 29.8 Å². The monoisotopic (exact) mass is 280 g/mol. The Hall–Kier alpha value is -1.99. The molecule has 0 radical (unpaired) electrons. The summed E-state index contributed by atoms with van der Waals surface area (Å²) in [6, 6.07) is 4.60. The minimum absolute atomic E-state index is 0.231. The second-order valence-corrected chi connectivity index (χ2v) is 4.13. The van der Waals surface area contributed by atoms with Crippen LogP contribution >= 0.6 is 0 Å². The average molecular weight is 280 g/mol. The number of methoxy groups -OCH3 is 2. The molecule has 0 amide bonds. The van der Waals surface area contributed by atoms with Crippen LogP contribution < -0.4 is 10.5 Å². The molecule has 6 nitrogen and oxygen atoms in total. The molecule has 0 aliphatic rings. The molecule has 0 aliphatic heterocycles. The van der Waals surface area contributed by atoms with Crippen LogP contribution in [0.4, 0.5) is 4.39 Å². The Labute approximate surface area is 116 Å². The van der Waals surface area contributed by atoms with Gasteiger partial charge in [0.2, 0.25) is 0 Å². The van der Waals surface area contributed by atoms with Gasteiger partial charge in [-0.05, 0) is 12.1 Å². The number of nitrogens with two attached hydrogens (primary N) is 1. The van der Waals surface area contributed by atoms with Crippen molar-refractivity contribution in [1.29, 1.82) is 0 Å². The highest BCUT2D eigenvalue weighted by Crippen LogP contribution is 2.25. The Balaban J connectivity index is 2.43. The van der Waals surface area contributed by atoms with Gasteiger partial charge < -0.3 is 19.8 Å². The molecule has 0 atom stereocenters. The molecule has 0 saturated heterocycles. The Morgan fingerprint density at radius 1 is 1.30 bits per heavy atom. The molecular weight excluding hydrogens is 263 g/mol. The van der Waals surface area contributed by atoms with Crippen LogP contribution in [-0.2, 0) is 17.8 Å². The van der Waals surface area contributed by atoms with Gasteiger partial charge in [0.25, 0.3) is 0 Å². The number of benzene rings is 1. The summed E-state index contributed by atoms with van der Waals surface area (Å²) in [5, 5.41) is 8.01. The van der Waals surface area contributed by atoms with Gasteiger partial charge in [-0.1, -0.05) is 0 Å². The Kier molecular flexibility index (Phi) is 4.65. The van der Waals surface area contributed by atoms with E-state index in [0.29, 0.717) is 36.1 Å². The summed E-state index contributed by atoms with van der Waals surface area (Å²) >= 11 is 0. The molecular formula is C13H17FN4O2. The van der Waals surface area contributed by atoms with Crippen molar-refractivity contribution < 1.29 is 13.9 Å². The third-order valence-corrected chi connectivity index (χ3v) is 2.95. The Bertz CT molecular complexity index is 586. The highest BCUT2D eigenvalue weighted by atomic mass is 19.1. The predicted octanol–water partition coefficient (Wildman–Crippen LogP) is 1.20. The smallest absolute Gasteiger partial charge is 0.167 e. The first-order chi connectivity index (χ1) is 9.71. The molecule has 7 heteroatoms. The van der Waals surface area contributed by atoms with E-state index in [9.17, 15) is 4.39 Å². The van der Waals surface area contributed by atoms with Crippen LogP contribution in [0.3, 0.4) is 0 Å². The van der Waals surface area contributed by atoms with E-state index in [1.165, 1.54) is 13.2 Å². The second-order valence-electron chi connectivity index (χ2n) is 4.13. The highest BCUT2D eigenvalue weighted by Gasteiger charge is 2.16. The van der Waals surface area contributed by atoms with E-state index in [1.54, 1.807) is 23.8 Å². The highest BCUT2D eigenvalue weighted by molar-refractivity contribution is 5.58. The minimum Gasteiger partial charge on any atom is -0.497 e. The summed E-state index contributed by atoms with van der Waals surface area (Å²) in [7, 11) is 3.09. The standard InChI is InChI=1S/C13H17FN4O2/c1-19-6-5-18-12(8-15)16-17-13(18)10-4-3-9(20-2)7-11(10)14/h3-4,7H,5-6,8,15H2,1-2H3. The normalized spacial score (nSPS) is 10.8. The first kappa shape index (κ1) is 14.4. The summed E-state index contributed by atoms with van der Waals surface area (Å²) in [6.45, 7) is 1.21. The van der Waals surface area contributed by atoms with Crippen LogP contribution in [-0.4, -0.2) is 35.6 Å². The number of hydrogen-bond donors (Lipinski definition) is 1. The number of aromatic nitrogens is 3. The first-order valence-electron chi connectivity index (χ1n) is 6.16. The summed E-state index contributed by atoms with van der Waals surface area (Å²) in [5.74, 6) is 1.06. The quantitative estimate of drug-likeness (QED) is 0.860. The van der Waals surface area contributed by atoms with Crippen molar-refractivity contribution in [3.63, 3.8) is 0 Å². The van der Waals surface area contributed by atoms with E-state index in [1.807, 2.05) is 0 Å². The number of nitrogens with zero attached hydrogens (tertiary/aromatic N) is 3. The summed E-state index contributed by atoms with van der Waals surface area (Å²) in [4.78, 5) is 0. The molecule has 0 saturated carbocycles. The van der Waals surface area contributed by atoms with Crippen molar-refractivity contribution in [2.75, 3.05) is 20.8 Å². The molecule has 0 aliphatic carbocycles. The molecule has 1 heterocycles. The number of ether oxygens (including phenoxy) is 2. The molecule has 0 unspecified atom stereocenters. The van der Waals surface area contributed by atoms with Gasteiger partial charge in [-0.2, -0.15) is 0 Å². The number of rotatable bonds is 6. The lowest BCUT2D eigenvalue weighted by Gasteiger charge is -2.10. The lowest BCUT2D eigenvalue weighted by Crippen LogP contribution is -2.13. The predicted molar refractivity (Wildman–Crippen MR) is 71.7 cm³/mol. The van der Waals surface area contributed by atoms with Crippen molar-refractivity contribution in [2.24, 2.45) is 5.73 Å². The SMILES string of the molecule is COCCn1c(CN)nnc1-c1ccc(OC)cc1F. The lowest BCUT2D eigenvalue weighted by atomic mass is 10.2. The van der Waals surface area contributed by atoms with Crippen molar-refractivity contribution >= 4 is 0 Å². The van der Waals surface area contributed by atoms with Gasteiger partial charge in [-0.3, -0.25) is 0 Å². The molecule has 2 rings (SSSR count). The minimum atomic E-state index is -0.418. The van der Waals surface area contributed by atoms with Gasteiger partial charge in [0, 0.05) is 19.7 Å². The fourth-order valence-corrected chi connectivity index (χ4v) is 1.91. The zero-order chi connectivity index (χ0) is 14.5. The topological polar surface area (TPSA) is 75.2 Å². The van der Waals surface area contributed by atoms with Gasteiger partial charge >= 0.3 is 0 Å². The molecule has 1 aromatic carbocycles. The van der Waals surface area contributed by atoms with E-state index in [4.69, 9.17) is 15.2 Å². The van der Waals surface area contributed by atoms with Crippen LogP contribution in [0.25, 0.3) is 11.4 Å². The number of halogens is 1. The van der Waals surface area contributed by atoms with Gasteiger partial charge in [0.15, 0.2) is 5.82 Å². The van der Waals surface area contributed by atoms with Gasteiger partial charge in [0.05, 0.1) is 25.8 Å². The van der Waals surface area contributed by atoms with Gasteiger partial charge in [-0.25, -0.2) is 4.39 Å². The molecule has 20 heavy (non-hydrogen) atoms. The zero-order valence-electron chi connectivity index (χ0n) is 11.5. The Morgan fingerprint density at radius 3 is 2.70 bits per heavy atom. The lowest BCUT2D eigenvalue weighted by molar-refractivity contribution is 0.186. The number of hydrogen-bond acceptors (Lipinski definition) is 5. The van der Waals surface area contributed by atoms with Crippen LogP contribution in [0.5, 0.6) is 5.75 Å². The fourth-order valence-electron chi connectivity index (χ4n) is 1.91. The maximum atomic E-state index is 14.1. The summed E-state index contributed by atoms with van der Waals surface area (Å²) < 4.78 is 25.9. The zero-order valence-corrected chi connectivity index (χ0v) is 11.5. The van der Waals surface area contributed by atoms with Crippen molar-refractivity contribution in [3.8, 4) is 17.1 Å². The van der Waals surface area contributed by atoms with E-state index >= 15 is 0 Å². The van der Waals surface area contributed by atoms with E-state index in [2.05, 4.69) is 10.2 Å². The summed E-state index contributed by atoms with van der Waals surface area (Å²) in [6.07, 6.45) is 0. The average Bonchev–Trinajstić information content (AvgIpc) is 2.87. The van der Waals surface area contributed by atoms with Crippen LogP contribution in [0.15, 0.2) is 18.2 Å². The molecule has 2 aromatic rings. The van der Waals surface area contributed by atoms with E-state index < -0.39 is 5.82 Å². The maximum Gasteiger partial charge on any atom is 0.167 e. The molecule has 0 fully saturated rings.